The van der Waals surface area contributed by atoms with Crippen molar-refractivity contribution in [3.63, 3.8) is 0 Å². The zero-order chi connectivity index (χ0) is 24.2. The van der Waals surface area contributed by atoms with Crippen molar-refractivity contribution >= 4 is 29.9 Å². The van der Waals surface area contributed by atoms with Crippen LogP contribution in [0.25, 0.3) is 22.8 Å². The summed E-state index contributed by atoms with van der Waals surface area (Å²) in [6.07, 6.45) is 0.862. The van der Waals surface area contributed by atoms with Crippen LogP contribution in [0.2, 0.25) is 5.02 Å². The first kappa shape index (κ1) is 26.9. The van der Waals surface area contributed by atoms with Crippen molar-refractivity contribution in [3.05, 3.63) is 52.0 Å². The Morgan fingerprint density at radius 2 is 2.11 bits per heavy atom. The maximum Gasteiger partial charge on any atom is 0.258 e. The smallest absolute Gasteiger partial charge is 0.258 e. The molecule has 8 nitrogen and oxygen atoms in total. The third-order valence-electron chi connectivity index (χ3n) is 5.78. The van der Waals surface area contributed by atoms with Crippen molar-refractivity contribution in [1.29, 1.82) is 0 Å². The van der Waals surface area contributed by atoms with Crippen LogP contribution in [0.1, 0.15) is 30.5 Å². The van der Waals surface area contributed by atoms with Gasteiger partial charge in [-0.25, -0.2) is 0 Å². The van der Waals surface area contributed by atoms with Gasteiger partial charge in [-0.3, -0.25) is 9.69 Å². The van der Waals surface area contributed by atoms with Gasteiger partial charge in [0.25, 0.3) is 5.89 Å². The van der Waals surface area contributed by atoms with E-state index >= 15 is 0 Å². The molecule has 1 aromatic heterocycles. The molecule has 1 amide bonds. The zero-order valence-corrected chi connectivity index (χ0v) is 21.6. The third kappa shape index (κ3) is 6.32. The van der Waals surface area contributed by atoms with Gasteiger partial charge in [0.15, 0.2) is 0 Å². The fraction of sp³-hybridized carbons (Fsp3) is 0.400. The minimum atomic E-state index is -0.0749. The van der Waals surface area contributed by atoms with Crippen LogP contribution in [0, 0.1) is 6.92 Å². The molecule has 0 saturated heterocycles. The van der Waals surface area contributed by atoms with E-state index in [1.165, 1.54) is 11.1 Å². The molecule has 0 atom stereocenters. The highest BCUT2D eigenvalue weighted by atomic mass is 35.5. The molecule has 0 spiro atoms. The molecule has 2 aromatic carbocycles. The number of amides is 1. The van der Waals surface area contributed by atoms with Gasteiger partial charge in [-0.15, -0.1) is 12.4 Å². The molecule has 0 fully saturated rings. The molecule has 0 unspecified atom stereocenters. The Labute approximate surface area is 216 Å². The van der Waals surface area contributed by atoms with Gasteiger partial charge in [-0.1, -0.05) is 28.9 Å². The molecule has 0 radical (unpaired) electrons. The van der Waals surface area contributed by atoms with E-state index in [9.17, 15) is 4.79 Å². The Kier molecular flexibility index (Phi) is 9.13. The molecule has 2 heterocycles. The highest BCUT2D eigenvalue weighted by molar-refractivity contribution is 6.32. The van der Waals surface area contributed by atoms with Crippen molar-refractivity contribution in [2.45, 2.75) is 39.8 Å². The van der Waals surface area contributed by atoms with E-state index < -0.39 is 0 Å². The lowest BCUT2D eigenvalue weighted by atomic mass is 9.91. The fourth-order valence-corrected chi connectivity index (χ4v) is 4.39. The summed E-state index contributed by atoms with van der Waals surface area (Å²) in [6.45, 7) is 7.99. The second-order valence-corrected chi connectivity index (χ2v) is 9.05. The second-order valence-electron chi connectivity index (χ2n) is 8.64. The minimum Gasteiger partial charge on any atom is -0.489 e. The van der Waals surface area contributed by atoms with Crippen molar-refractivity contribution in [2.75, 3.05) is 26.2 Å². The second kappa shape index (κ2) is 11.9. The number of ether oxygens (including phenoxy) is 1. The number of rotatable bonds is 8. The first-order valence-electron chi connectivity index (χ1n) is 11.4. The van der Waals surface area contributed by atoms with E-state index in [1.807, 2.05) is 32.0 Å². The van der Waals surface area contributed by atoms with Gasteiger partial charge >= 0.3 is 0 Å². The Bertz CT molecular complexity index is 1180. The number of carbonyl (C=O) groups excluding carboxylic acids is 1. The molecule has 0 bridgehead atoms. The predicted octanol–water partition coefficient (Wildman–Crippen LogP) is 4.04. The molecule has 2 N–H and O–H groups in total. The summed E-state index contributed by atoms with van der Waals surface area (Å²) in [5.74, 6) is 1.46. The molecule has 188 valence electrons. The molecule has 1 aliphatic rings. The van der Waals surface area contributed by atoms with Crippen LogP contribution >= 0.6 is 24.0 Å². The summed E-state index contributed by atoms with van der Waals surface area (Å²) in [6, 6.07) is 9.50. The van der Waals surface area contributed by atoms with E-state index in [0.717, 1.165) is 29.7 Å². The van der Waals surface area contributed by atoms with Crippen LogP contribution < -0.4 is 10.1 Å². The normalized spacial score (nSPS) is 13.3. The number of aliphatic hydroxyl groups is 1. The average molecular weight is 521 g/mol. The Hall–Kier alpha value is -2.65. The summed E-state index contributed by atoms with van der Waals surface area (Å²) >= 11 is 6.37. The molecular weight excluding hydrogens is 491 g/mol. The lowest BCUT2D eigenvalue weighted by molar-refractivity contribution is -0.122. The van der Waals surface area contributed by atoms with E-state index in [1.54, 1.807) is 6.07 Å². The highest BCUT2D eigenvalue weighted by Crippen LogP contribution is 2.33. The highest BCUT2D eigenvalue weighted by Gasteiger charge is 2.23. The summed E-state index contributed by atoms with van der Waals surface area (Å²) < 4.78 is 11.2. The molecule has 3 aromatic rings. The van der Waals surface area contributed by atoms with Crippen LogP contribution in [0.5, 0.6) is 5.75 Å². The summed E-state index contributed by atoms with van der Waals surface area (Å²) in [4.78, 5) is 18.7. The monoisotopic (exact) mass is 520 g/mol. The molecule has 0 saturated carbocycles. The molecule has 1 aliphatic heterocycles. The number of halogens is 2. The lowest BCUT2D eigenvalue weighted by Crippen LogP contribution is -2.40. The number of nitrogens with zero attached hydrogens (tertiary/aromatic N) is 3. The average Bonchev–Trinajstić information content (AvgIpc) is 3.29. The van der Waals surface area contributed by atoms with Crippen LogP contribution in [0.4, 0.5) is 0 Å². The molecule has 4 rings (SSSR count). The number of hydrogen-bond acceptors (Lipinski definition) is 7. The number of benzene rings is 2. The van der Waals surface area contributed by atoms with Crippen LogP contribution in [-0.4, -0.2) is 58.4 Å². The largest absolute Gasteiger partial charge is 0.489 e. The quantitative estimate of drug-likeness (QED) is 0.462. The summed E-state index contributed by atoms with van der Waals surface area (Å²) in [5, 5.41) is 16.3. The lowest BCUT2D eigenvalue weighted by Gasteiger charge is -2.29. The van der Waals surface area contributed by atoms with E-state index in [4.69, 9.17) is 26.0 Å². The number of aromatic nitrogens is 2. The van der Waals surface area contributed by atoms with E-state index in [0.29, 0.717) is 35.6 Å². The van der Waals surface area contributed by atoms with Crippen molar-refractivity contribution in [2.24, 2.45) is 0 Å². The van der Waals surface area contributed by atoms with Gasteiger partial charge in [-0.05, 0) is 62.1 Å². The summed E-state index contributed by atoms with van der Waals surface area (Å²) in [7, 11) is 0. The number of fused-ring (bicyclic) bond motifs is 1. The van der Waals surface area contributed by atoms with Crippen molar-refractivity contribution in [1.82, 2.24) is 20.4 Å². The maximum atomic E-state index is 12.0. The van der Waals surface area contributed by atoms with Crippen LogP contribution in [0.3, 0.4) is 0 Å². The molecule has 35 heavy (non-hydrogen) atoms. The first-order chi connectivity index (χ1) is 16.4. The summed E-state index contributed by atoms with van der Waals surface area (Å²) in [5.41, 5.74) is 5.22. The SMILES string of the molecule is Cc1c(-c2noc(-c3ccc(OC(C)C)c(Cl)c3)n2)ccc2c1CCN(CC(=O)NCCO)C2.Cl. The molecular formula is C25H30Cl2N4O4. The van der Waals surface area contributed by atoms with Crippen LogP contribution in [-0.2, 0) is 17.8 Å². The van der Waals surface area contributed by atoms with Crippen molar-refractivity contribution in [3.8, 4) is 28.6 Å². The minimum absolute atomic E-state index is 0. The molecule has 0 aliphatic carbocycles. The number of aliphatic hydroxyl groups excluding tert-OH is 1. The van der Waals surface area contributed by atoms with Gasteiger partial charge in [0.1, 0.15) is 5.75 Å². The standard InChI is InChI=1S/C25H29ClN4O4.ClH/c1-15(2)33-22-7-5-17(12-21(22)26)25-28-24(29-34-25)20-6-4-18-13-30(10-8-19(18)16(20)3)14-23(32)27-9-11-31;/h4-7,12,15,31H,8-11,13-14H2,1-3H3,(H,27,32);1H. The number of nitrogens with one attached hydrogen (secondary N) is 1. The Morgan fingerprint density at radius 3 is 2.83 bits per heavy atom. The Balaban J connectivity index is 0.00000342. The van der Waals surface area contributed by atoms with Gasteiger partial charge in [0.2, 0.25) is 11.7 Å². The third-order valence-corrected chi connectivity index (χ3v) is 6.07. The van der Waals surface area contributed by atoms with E-state index in [-0.39, 0.29) is 37.6 Å². The predicted molar refractivity (Wildman–Crippen MR) is 137 cm³/mol. The van der Waals surface area contributed by atoms with Gasteiger partial charge in [0, 0.05) is 30.8 Å². The van der Waals surface area contributed by atoms with Gasteiger partial charge < -0.3 is 19.7 Å². The molecule has 10 heteroatoms. The fourth-order valence-electron chi connectivity index (χ4n) is 4.16. The maximum absolute atomic E-state index is 12.0. The number of carbonyl (C=O) groups is 1. The van der Waals surface area contributed by atoms with Gasteiger partial charge in [-0.2, -0.15) is 4.98 Å². The van der Waals surface area contributed by atoms with Crippen molar-refractivity contribution < 1.29 is 19.2 Å². The zero-order valence-electron chi connectivity index (χ0n) is 20.0. The topological polar surface area (TPSA) is 101 Å². The first-order valence-corrected chi connectivity index (χ1v) is 11.8. The van der Waals surface area contributed by atoms with Gasteiger partial charge in [0.05, 0.1) is 24.3 Å². The van der Waals surface area contributed by atoms with Crippen LogP contribution in [0.15, 0.2) is 34.9 Å². The van der Waals surface area contributed by atoms with E-state index in [2.05, 4.69) is 33.3 Å². The Morgan fingerprint density at radius 1 is 1.31 bits per heavy atom. The number of hydrogen-bond donors (Lipinski definition) is 2.